The normalized spacial score (nSPS) is 11.9. The van der Waals surface area contributed by atoms with Gasteiger partial charge in [0.1, 0.15) is 5.58 Å². The van der Waals surface area contributed by atoms with Gasteiger partial charge in [-0.3, -0.25) is 4.52 Å². The average Bonchev–Trinajstić information content (AvgIpc) is 2.36. The third kappa shape index (κ3) is 4.26. The van der Waals surface area contributed by atoms with Crippen LogP contribution in [0.4, 0.5) is 0 Å². The van der Waals surface area contributed by atoms with Crippen molar-refractivity contribution < 1.29 is 28.0 Å². The van der Waals surface area contributed by atoms with Crippen molar-refractivity contribution in [3.05, 3.63) is 46.3 Å². The molecule has 2 aromatic rings. The van der Waals surface area contributed by atoms with Gasteiger partial charge in [-0.15, -0.1) is 0 Å². The lowest BCUT2D eigenvalue weighted by molar-refractivity contribution is 0.0764. The van der Waals surface area contributed by atoms with E-state index >= 15 is 0 Å². The summed E-state index contributed by atoms with van der Waals surface area (Å²) in [5.41, 5.74) is 0.631. The number of phosphoric ester groups is 1. The molecule has 1 aromatic carbocycles. The fourth-order valence-corrected chi connectivity index (χ4v) is 2.01. The molecule has 0 unspecified atom stereocenters. The molecule has 7 nitrogen and oxygen atoms in total. The van der Waals surface area contributed by atoms with E-state index in [1.165, 1.54) is 6.07 Å². The molecule has 108 valence electrons. The summed E-state index contributed by atoms with van der Waals surface area (Å²) in [5.74, 6) is 0. The van der Waals surface area contributed by atoms with E-state index in [9.17, 15) is 9.36 Å². The van der Waals surface area contributed by atoms with Crippen molar-refractivity contribution in [1.82, 2.24) is 0 Å². The second kappa shape index (κ2) is 6.30. The van der Waals surface area contributed by atoms with Gasteiger partial charge in [-0.1, -0.05) is 18.2 Å². The number of para-hydroxylation sites is 1. The molecule has 2 N–H and O–H groups in total. The van der Waals surface area contributed by atoms with Crippen LogP contribution in [0.5, 0.6) is 0 Å². The summed E-state index contributed by atoms with van der Waals surface area (Å²) in [6.07, 6.45) is 0. The van der Waals surface area contributed by atoms with Crippen LogP contribution in [0.1, 0.15) is 5.56 Å². The van der Waals surface area contributed by atoms with Crippen molar-refractivity contribution in [2.45, 2.75) is 6.61 Å². The highest BCUT2D eigenvalue weighted by Crippen LogP contribution is 2.35. The summed E-state index contributed by atoms with van der Waals surface area (Å²) in [4.78, 5) is 28.4. The minimum absolute atomic E-state index is 0.000333. The van der Waals surface area contributed by atoms with Gasteiger partial charge in [-0.05, 0) is 11.6 Å². The highest BCUT2D eigenvalue weighted by Gasteiger charge is 2.12. The van der Waals surface area contributed by atoms with Gasteiger partial charge in [0.25, 0.3) is 0 Å². The van der Waals surface area contributed by atoms with Crippen LogP contribution in [0, 0.1) is 0 Å². The predicted octanol–water partition coefficient (Wildman–Crippen LogP) is 1.42. The number of fused-ring (bicyclic) bond motifs is 1. The molecule has 0 bridgehead atoms. The highest BCUT2D eigenvalue weighted by atomic mass is 31.2. The third-order valence-electron chi connectivity index (χ3n) is 2.48. The molecule has 8 heteroatoms. The lowest BCUT2D eigenvalue weighted by atomic mass is 10.1. The van der Waals surface area contributed by atoms with Gasteiger partial charge in [-0.2, -0.15) is 0 Å². The van der Waals surface area contributed by atoms with Crippen molar-refractivity contribution in [3.63, 3.8) is 0 Å². The van der Waals surface area contributed by atoms with Gasteiger partial charge in [0, 0.05) is 11.5 Å². The Kier molecular flexibility index (Phi) is 4.69. The van der Waals surface area contributed by atoms with Crippen LogP contribution < -0.4 is 5.63 Å². The number of phosphoric acid groups is 1. The van der Waals surface area contributed by atoms with Gasteiger partial charge in [-0.25, -0.2) is 9.36 Å². The monoisotopic (exact) mass is 300 g/mol. The van der Waals surface area contributed by atoms with Crippen LogP contribution >= 0.6 is 7.82 Å². The molecule has 1 aromatic heterocycles. The van der Waals surface area contributed by atoms with Crippen LogP contribution in [-0.4, -0.2) is 23.0 Å². The quantitative estimate of drug-likeness (QED) is 0.472. The van der Waals surface area contributed by atoms with E-state index < -0.39 is 13.4 Å². The predicted molar refractivity (Wildman–Crippen MR) is 70.1 cm³/mol. The first kappa shape index (κ1) is 14.9. The standard InChI is InChI=1S/C12H13O7P/c13-12-7-9(8-17-5-6-18-20(14,15)16)10-3-1-2-4-11(10)19-12/h1-4,7H,5-6,8H2,(H2,14,15,16). The van der Waals surface area contributed by atoms with Crippen molar-refractivity contribution in [1.29, 1.82) is 0 Å². The molecule has 0 spiro atoms. The Morgan fingerprint density at radius 3 is 2.70 bits per heavy atom. The Labute approximate surface area is 114 Å². The minimum Gasteiger partial charge on any atom is -0.423 e. The first-order chi connectivity index (χ1) is 9.46. The molecule has 1 heterocycles. The number of rotatable bonds is 6. The van der Waals surface area contributed by atoms with E-state index in [0.29, 0.717) is 11.1 Å². The average molecular weight is 300 g/mol. The zero-order valence-electron chi connectivity index (χ0n) is 10.4. The van der Waals surface area contributed by atoms with Crippen LogP contribution in [0.3, 0.4) is 0 Å². The Hall–Kier alpha value is -1.50. The fraction of sp³-hybridized carbons (Fsp3) is 0.250. The molecule has 0 saturated heterocycles. The summed E-state index contributed by atoms with van der Waals surface area (Å²) in [6.45, 7) is -0.111. The first-order valence-corrected chi connectivity index (χ1v) is 7.28. The lowest BCUT2D eigenvalue weighted by Crippen LogP contribution is -2.06. The molecule has 0 radical (unpaired) electrons. The number of benzene rings is 1. The Bertz CT molecular complexity index is 688. The molecule has 0 amide bonds. The third-order valence-corrected chi connectivity index (χ3v) is 3.00. The topological polar surface area (TPSA) is 106 Å². The minimum atomic E-state index is -4.47. The van der Waals surface area contributed by atoms with E-state index in [-0.39, 0.29) is 19.8 Å². The van der Waals surface area contributed by atoms with Gasteiger partial charge in [0.2, 0.25) is 0 Å². The van der Waals surface area contributed by atoms with Crippen LogP contribution in [0.2, 0.25) is 0 Å². The summed E-state index contributed by atoms with van der Waals surface area (Å²) in [5, 5.41) is 0.753. The fourth-order valence-electron chi connectivity index (χ4n) is 1.70. The molecule has 0 aliphatic carbocycles. The first-order valence-electron chi connectivity index (χ1n) is 5.75. The van der Waals surface area contributed by atoms with Gasteiger partial charge in [0.15, 0.2) is 0 Å². The highest BCUT2D eigenvalue weighted by molar-refractivity contribution is 7.46. The summed E-state index contributed by atoms with van der Waals surface area (Å²) in [7, 11) is -4.47. The Morgan fingerprint density at radius 1 is 1.20 bits per heavy atom. The van der Waals surface area contributed by atoms with Crippen molar-refractivity contribution in [2.24, 2.45) is 0 Å². The second-order valence-electron chi connectivity index (χ2n) is 3.96. The molecule has 0 aliphatic rings. The molecular weight excluding hydrogens is 287 g/mol. The van der Waals surface area contributed by atoms with Crippen LogP contribution in [0.25, 0.3) is 11.0 Å². The lowest BCUT2D eigenvalue weighted by Gasteiger charge is -2.07. The van der Waals surface area contributed by atoms with Gasteiger partial charge in [0.05, 0.1) is 19.8 Å². The van der Waals surface area contributed by atoms with E-state index in [0.717, 1.165) is 5.39 Å². The summed E-state index contributed by atoms with van der Waals surface area (Å²) < 4.78 is 25.0. The van der Waals surface area contributed by atoms with Crippen molar-refractivity contribution >= 4 is 18.8 Å². The SMILES string of the molecule is O=c1cc(COCCOP(=O)(O)O)c2ccccc2o1. The van der Waals surface area contributed by atoms with E-state index in [4.69, 9.17) is 18.9 Å². The van der Waals surface area contributed by atoms with Crippen molar-refractivity contribution in [3.8, 4) is 0 Å². The van der Waals surface area contributed by atoms with Crippen LogP contribution in [0.15, 0.2) is 39.5 Å². The Balaban J connectivity index is 2.00. The molecule has 20 heavy (non-hydrogen) atoms. The number of hydrogen-bond acceptors (Lipinski definition) is 5. The van der Waals surface area contributed by atoms with Crippen molar-refractivity contribution in [2.75, 3.05) is 13.2 Å². The molecule has 2 rings (SSSR count). The zero-order chi connectivity index (χ0) is 14.6. The smallest absolute Gasteiger partial charge is 0.423 e. The summed E-state index contributed by atoms with van der Waals surface area (Å²) >= 11 is 0. The maximum atomic E-state index is 11.4. The molecule has 0 atom stereocenters. The number of hydrogen-bond donors (Lipinski definition) is 2. The molecule has 0 fully saturated rings. The van der Waals surface area contributed by atoms with E-state index in [2.05, 4.69) is 4.52 Å². The maximum Gasteiger partial charge on any atom is 0.469 e. The molecule has 0 aliphatic heterocycles. The maximum absolute atomic E-state index is 11.4. The van der Waals surface area contributed by atoms with E-state index in [1.807, 2.05) is 6.07 Å². The van der Waals surface area contributed by atoms with E-state index in [1.54, 1.807) is 18.2 Å². The summed E-state index contributed by atoms with van der Waals surface area (Å²) in [6, 6.07) is 8.36. The largest absolute Gasteiger partial charge is 0.469 e. The zero-order valence-corrected chi connectivity index (χ0v) is 11.3. The van der Waals surface area contributed by atoms with Crippen LogP contribution in [-0.2, 0) is 20.4 Å². The van der Waals surface area contributed by atoms with Gasteiger partial charge >= 0.3 is 13.4 Å². The van der Waals surface area contributed by atoms with Gasteiger partial charge < -0.3 is 18.9 Å². The Morgan fingerprint density at radius 2 is 1.95 bits per heavy atom. The molecular formula is C12H13O7P. The second-order valence-corrected chi connectivity index (χ2v) is 5.20. The number of ether oxygens (including phenoxy) is 1. The molecule has 0 saturated carbocycles.